The molecule has 1 saturated carbocycles. The van der Waals surface area contributed by atoms with Crippen LogP contribution in [0.3, 0.4) is 0 Å². The number of carbonyl (C=O) groups excluding carboxylic acids is 3. The molecule has 3 saturated heterocycles. The number of Topliss-reactive ketones (excluding diaryl/α,β-unsaturated/α-hetero) is 1. The molecule has 0 bridgehead atoms. The van der Waals surface area contributed by atoms with Crippen LogP contribution < -0.4 is 10.6 Å². The molecule has 12 nitrogen and oxygen atoms in total. The molecule has 1 aliphatic carbocycles. The molecule has 4 rings (SSSR count). The SMILES string of the molecule is CC[C@H]1OC(=O)C(C)C(=O)[C@H](C)[C@@H](O[C@@H]2O[C@H](CNC3CC3)CC(N(C)C)C2O)[C@](C)(OC)C[C@@H](C)CC[C@H](C)[C@H]2NC(=O)O[C@@]21C. The van der Waals surface area contributed by atoms with E-state index in [0.717, 1.165) is 25.7 Å². The molecule has 1 amide bonds. The fourth-order valence-corrected chi connectivity index (χ4v) is 8.06. The van der Waals surface area contributed by atoms with Crippen LogP contribution in [0, 0.1) is 23.7 Å². The summed E-state index contributed by atoms with van der Waals surface area (Å²) >= 11 is 0. The first kappa shape index (κ1) is 38.0. The van der Waals surface area contributed by atoms with Gasteiger partial charge in [-0.3, -0.25) is 9.59 Å². The van der Waals surface area contributed by atoms with E-state index in [1.807, 2.05) is 32.8 Å². The van der Waals surface area contributed by atoms with Crippen molar-refractivity contribution in [3.63, 3.8) is 0 Å². The first-order valence-corrected chi connectivity index (χ1v) is 17.7. The molecular weight excluding hydrogens is 606 g/mol. The highest BCUT2D eigenvalue weighted by Crippen LogP contribution is 2.40. The van der Waals surface area contributed by atoms with Gasteiger partial charge in [0.25, 0.3) is 0 Å². The summed E-state index contributed by atoms with van der Waals surface area (Å²) in [4.78, 5) is 42.3. The number of amides is 1. The lowest BCUT2D eigenvalue weighted by Crippen LogP contribution is -2.60. The summed E-state index contributed by atoms with van der Waals surface area (Å²) in [5.41, 5.74) is -2.06. The summed E-state index contributed by atoms with van der Waals surface area (Å²) in [5, 5.41) is 18.0. The lowest BCUT2D eigenvalue weighted by atomic mass is 9.76. The number of nitrogens with one attached hydrogen (secondary N) is 2. The van der Waals surface area contributed by atoms with Gasteiger partial charge in [-0.15, -0.1) is 0 Å². The van der Waals surface area contributed by atoms with E-state index in [1.165, 1.54) is 0 Å². The van der Waals surface area contributed by atoms with Gasteiger partial charge in [0.1, 0.15) is 18.1 Å². The average Bonchev–Trinajstić information content (AvgIpc) is 3.80. The lowest BCUT2D eigenvalue weighted by Gasteiger charge is -2.47. The van der Waals surface area contributed by atoms with E-state index in [-0.39, 0.29) is 35.8 Å². The minimum atomic E-state index is -1.12. The van der Waals surface area contributed by atoms with Crippen molar-refractivity contribution in [2.24, 2.45) is 23.7 Å². The number of hydrogen-bond donors (Lipinski definition) is 3. The molecule has 12 heteroatoms. The summed E-state index contributed by atoms with van der Waals surface area (Å²) in [6.45, 7) is 13.8. The van der Waals surface area contributed by atoms with Crippen molar-refractivity contribution in [2.45, 2.75) is 153 Å². The molecule has 47 heavy (non-hydrogen) atoms. The van der Waals surface area contributed by atoms with Crippen molar-refractivity contribution in [1.82, 2.24) is 15.5 Å². The van der Waals surface area contributed by atoms with Crippen LogP contribution in [0.1, 0.15) is 93.4 Å². The largest absolute Gasteiger partial charge is 0.458 e. The van der Waals surface area contributed by atoms with Crippen LogP contribution in [-0.4, -0.2) is 116 Å². The van der Waals surface area contributed by atoms with E-state index in [2.05, 4.69) is 24.5 Å². The van der Waals surface area contributed by atoms with E-state index < -0.39 is 59.7 Å². The van der Waals surface area contributed by atoms with Crippen LogP contribution in [0.25, 0.3) is 0 Å². The highest BCUT2D eigenvalue weighted by molar-refractivity contribution is 6.00. The number of ether oxygens (including phenoxy) is 5. The second-order valence-electron chi connectivity index (χ2n) is 15.4. The molecule has 0 aromatic rings. The van der Waals surface area contributed by atoms with Crippen molar-refractivity contribution in [2.75, 3.05) is 27.7 Å². The highest BCUT2D eigenvalue weighted by atomic mass is 16.7. The number of likely N-dealkylation sites (N-methyl/N-ethyl adjacent to an activating group) is 1. The van der Waals surface area contributed by atoms with Gasteiger partial charge >= 0.3 is 12.1 Å². The third-order valence-corrected chi connectivity index (χ3v) is 11.3. The Hall–Kier alpha value is -1.83. The Bertz CT molecular complexity index is 1100. The fraction of sp³-hybridized carbons (Fsp3) is 0.914. The van der Waals surface area contributed by atoms with Gasteiger partial charge in [0.2, 0.25) is 0 Å². The first-order chi connectivity index (χ1) is 22.0. The number of hydrogen-bond acceptors (Lipinski definition) is 11. The number of cyclic esters (lactones) is 1. The van der Waals surface area contributed by atoms with Crippen LogP contribution in [0.15, 0.2) is 0 Å². The van der Waals surface area contributed by atoms with E-state index in [9.17, 15) is 19.5 Å². The van der Waals surface area contributed by atoms with Gasteiger partial charge in [-0.1, -0.05) is 34.1 Å². The monoisotopic (exact) mass is 667 g/mol. The maximum atomic E-state index is 14.2. The molecule has 0 aromatic heterocycles. The van der Waals surface area contributed by atoms with Gasteiger partial charge in [-0.2, -0.15) is 0 Å². The molecule has 3 N–H and O–H groups in total. The molecule has 3 aliphatic heterocycles. The van der Waals surface area contributed by atoms with E-state index in [0.29, 0.717) is 31.8 Å². The molecule has 3 unspecified atom stereocenters. The van der Waals surface area contributed by atoms with Crippen molar-refractivity contribution < 1.29 is 43.2 Å². The van der Waals surface area contributed by atoms with Gasteiger partial charge in [0.15, 0.2) is 17.7 Å². The zero-order chi connectivity index (χ0) is 34.8. The van der Waals surface area contributed by atoms with Crippen molar-refractivity contribution >= 4 is 17.8 Å². The minimum Gasteiger partial charge on any atom is -0.458 e. The van der Waals surface area contributed by atoms with E-state index >= 15 is 0 Å². The predicted octanol–water partition coefficient (Wildman–Crippen LogP) is 3.42. The molecule has 4 fully saturated rings. The summed E-state index contributed by atoms with van der Waals surface area (Å²) in [5.74, 6) is -2.82. The normalized spacial score (nSPS) is 44.2. The third-order valence-electron chi connectivity index (χ3n) is 11.3. The third kappa shape index (κ3) is 8.49. The quantitative estimate of drug-likeness (QED) is 0.259. The van der Waals surface area contributed by atoms with Crippen LogP contribution in [0.4, 0.5) is 4.79 Å². The van der Waals surface area contributed by atoms with Crippen molar-refractivity contribution in [3.05, 3.63) is 0 Å². The first-order valence-electron chi connectivity index (χ1n) is 17.7. The Morgan fingerprint density at radius 2 is 1.74 bits per heavy atom. The number of aliphatic hydroxyl groups excluding tert-OH is 1. The van der Waals surface area contributed by atoms with Crippen molar-refractivity contribution in [3.8, 4) is 0 Å². The maximum absolute atomic E-state index is 14.2. The van der Waals surface area contributed by atoms with E-state index in [4.69, 9.17) is 23.7 Å². The smallest absolute Gasteiger partial charge is 0.408 e. The number of carbonyl (C=O) groups is 3. The standard InChI is InChI=1S/C35H61N3O9/c1-11-26-35(7)29(37-33(42)47-35)20(3)13-12-19(2)17-34(6,43-10)30(21(4)27(39)22(5)31(41)45-26)46-32-28(40)25(38(8)9)16-24(44-32)18-36-23-14-15-23/h19-26,28-30,32,36,40H,11-18H2,1-10H3,(H,37,42)/t19-,20-,21-,22?,24-,25?,26+,28?,29+,30+,32-,34+,35+/m0/s1. The number of esters is 1. The number of rotatable bonds is 8. The van der Waals surface area contributed by atoms with E-state index in [1.54, 1.807) is 27.9 Å². The number of nitrogens with zero attached hydrogens (tertiary/aromatic N) is 1. The molecule has 270 valence electrons. The van der Waals surface area contributed by atoms with Gasteiger partial charge in [0.05, 0.1) is 23.9 Å². The maximum Gasteiger partial charge on any atom is 0.408 e. The zero-order valence-electron chi connectivity index (χ0n) is 30.2. The highest BCUT2D eigenvalue weighted by Gasteiger charge is 2.55. The molecule has 13 atom stereocenters. The average molecular weight is 668 g/mol. The molecular formula is C35H61N3O9. The Kier molecular flexibility index (Phi) is 12.4. The molecule has 0 aromatic carbocycles. The number of alkyl carbamates (subject to hydrolysis) is 1. The molecule has 4 aliphatic rings. The van der Waals surface area contributed by atoms with Gasteiger partial charge in [-0.25, -0.2) is 4.79 Å². The Balaban J connectivity index is 1.67. The summed E-state index contributed by atoms with van der Waals surface area (Å²) < 4.78 is 31.2. The zero-order valence-corrected chi connectivity index (χ0v) is 30.2. The number of methoxy groups -OCH3 is 1. The van der Waals surface area contributed by atoms with Crippen LogP contribution in [0.5, 0.6) is 0 Å². The fourth-order valence-electron chi connectivity index (χ4n) is 8.06. The van der Waals surface area contributed by atoms with Gasteiger partial charge < -0.3 is 44.3 Å². The number of fused-ring (bicyclic) bond motifs is 1. The van der Waals surface area contributed by atoms with Crippen LogP contribution >= 0.6 is 0 Å². The Morgan fingerprint density at radius 1 is 1.06 bits per heavy atom. The number of ketones is 1. The molecule has 0 radical (unpaired) electrons. The summed E-state index contributed by atoms with van der Waals surface area (Å²) in [6, 6.07) is -0.0916. The molecule has 3 heterocycles. The molecule has 0 spiro atoms. The Labute approximate surface area is 281 Å². The Morgan fingerprint density at radius 3 is 2.34 bits per heavy atom. The second kappa shape index (κ2) is 15.4. The predicted molar refractivity (Wildman–Crippen MR) is 176 cm³/mol. The van der Waals surface area contributed by atoms with Gasteiger partial charge in [-0.05, 0) is 85.2 Å². The van der Waals surface area contributed by atoms with Crippen LogP contribution in [0.2, 0.25) is 0 Å². The summed E-state index contributed by atoms with van der Waals surface area (Å²) in [6.07, 6.45) is 1.17. The minimum absolute atomic E-state index is 0.0144. The lowest BCUT2D eigenvalue weighted by molar-refractivity contribution is -0.297. The topological polar surface area (TPSA) is 145 Å². The van der Waals surface area contributed by atoms with Crippen LogP contribution in [-0.2, 0) is 33.3 Å². The van der Waals surface area contributed by atoms with Gasteiger partial charge in [0, 0.05) is 31.7 Å². The second-order valence-corrected chi connectivity index (χ2v) is 15.4. The summed E-state index contributed by atoms with van der Waals surface area (Å²) in [7, 11) is 5.48. The number of aliphatic hydroxyl groups is 1. The van der Waals surface area contributed by atoms with Crippen molar-refractivity contribution in [1.29, 1.82) is 0 Å².